The number of anilines is 1. The van der Waals surface area contributed by atoms with Crippen LogP contribution in [0.25, 0.3) is 0 Å². The van der Waals surface area contributed by atoms with E-state index in [1.54, 1.807) is 0 Å². The van der Waals surface area contributed by atoms with E-state index in [-0.39, 0.29) is 11.4 Å². The van der Waals surface area contributed by atoms with Crippen LogP contribution in [-0.2, 0) is 4.79 Å². The number of hydrogen-bond acceptors (Lipinski definition) is 3. The van der Waals surface area contributed by atoms with Crippen LogP contribution < -0.4 is 11.1 Å². The number of benzene rings is 1. The fourth-order valence-electron chi connectivity index (χ4n) is 1.39. The highest BCUT2D eigenvalue weighted by Gasteiger charge is 2.14. The van der Waals surface area contributed by atoms with Crippen molar-refractivity contribution in [2.45, 2.75) is 38.1 Å². The molecule has 0 aromatic heterocycles. The molecule has 0 radical (unpaired) electrons. The van der Waals surface area contributed by atoms with E-state index in [9.17, 15) is 4.79 Å². The zero-order valence-electron chi connectivity index (χ0n) is 10.8. The van der Waals surface area contributed by atoms with Crippen LogP contribution in [0.2, 0.25) is 0 Å². The lowest BCUT2D eigenvalue weighted by molar-refractivity contribution is -0.119. The second-order valence-corrected chi connectivity index (χ2v) is 6.07. The summed E-state index contributed by atoms with van der Waals surface area (Å²) in [5, 5.41) is 2.93. The summed E-state index contributed by atoms with van der Waals surface area (Å²) in [6.07, 6.45) is 0. The van der Waals surface area contributed by atoms with Gasteiger partial charge in [0.25, 0.3) is 0 Å². The lowest BCUT2D eigenvalue weighted by atomic mass is 10.1. The van der Waals surface area contributed by atoms with E-state index >= 15 is 0 Å². The summed E-state index contributed by atoms with van der Waals surface area (Å²) in [6, 6.07) is 5.77. The van der Waals surface area contributed by atoms with Gasteiger partial charge in [0.05, 0.1) is 5.75 Å². The summed E-state index contributed by atoms with van der Waals surface area (Å²) < 4.78 is 0. The number of nitrogen functional groups attached to an aromatic ring is 1. The highest BCUT2D eigenvalue weighted by Crippen LogP contribution is 2.25. The van der Waals surface area contributed by atoms with Crippen LogP contribution in [0, 0.1) is 6.92 Å². The number of carbonyl (C=O) groups excluding carboxylic acids is 1. The van der Waals surface area contributed by atoms with Gasteiger partial charge in [-0.15, -0.1) is 11.8 Å². The maximum Gasteiger partial charge on any atom is 0.230 e. The number of carbonyl (C=O) groups is 1. The van der Waals surface area contributed by atoms with Crippen molar-refractivity contribution in [1.29, 1.82) is 0 Å². The zero-order chi connectivity index (χ0) is 13.1. The second-order valence-electron chi connectivity index (χ2n) is 5.06. The van der Waals surface area contributed by atoms with Crippen LogP contribution in [0.1, 0.15) is 26.3 Å². The normalized spacial score (nSPS) is 11.3. The van der Waals surface area contributed by atoms with Gasteiger partial charge in [-0.05, 0) is 45.4 Å². The third-order valence-corrected chi connectivity index (χ3v) is 3.36. The minimum atomic E-state index is -0.178. The Morgan fingerprint density at radius 1 is 1.41 bits per heavy atom. The van der Waals surface area contributed by atoms with E-state index in [1.807, 2.05) is 45.9 Å². The number of nitrogens with two attached hydrogens (primary N) is 1. The van der Waals surface area contributed by atoms with Gasteiger partial charge in [0, 0.05) is 16.1 Å². The maximum atomic E-state index is 11.7. The van der Waals surface area contributed by atoms with Gasteiger partial charge >= 0.3 is 0 Å². The molecule has 0 unspecified atom stereocenters. The summed E-state index contributed by atoms with van der Waals surface area (Å²) in [6.45, 7) is 7.89. The molecule has 0 aliphatic rings. The second kappa shape index (κ2) is 5.45. The molecule has 1 aromatic carbocycles. The first kappa shape index (κ1) is 13.9. The van der Waals surface area contributed by atoms with Crippen LogP contribution in [-0.4, -0.2) is 17.2 Å². The molecule has 0 atom stereocenters. The van der Waals surface area contributed by atoms with Crippen molar-refractivity contribution in [3.63, 3.8) is 0 Å². The summed E-state index contributed by atoms with van der Waals surface area (Å²) in [5.74, 6) is 0.464. The molecule has 4 heteroatoms. The Morgan fingerprint density at radius 2 is 2.06 bits per heavy atom. The number of thioether (sulfide) groups is 1. The first-order chi connectivity index (χ1) is 7.79. The minimum Gasteiger partial charge on any atom is -0.398 e. The Kier molecular flexibility index (Phi) is 4.46. The van der Waals surface area contributed by atoms with Crippen molar-refractivity contribution in [1.82, 2.24) is 5.32 Å². The fourth-order valence-corrected chi connectivity index (χ4v) is 2.25. The number of nitrogens with one attached hydrogen (secondary N) is 1. The Hall–Kier alpha value is -1.16. The smallest absolute Gasteiger partial charge is 0.230 e. The van der Waals surface area contributed by atoms with Crippen LogP contribution in [0.3, 0.4) is 0 Å². The molecule has 17 heavy (non-hydrogen) atoms. The van der Waals surface area contributed by atoms with Gasteiger partial charge in [-0.3, -0.25) is 4.79 Å². The molecule has 3 nitrogen and oxygen atoms in total. The van der Waals surface area contributed by atoms with Crippen molar-refractivity contribution >= 4 is 23.4 Å². The highest BCUT2D eigenvalue weighted by molar-refractivity contribution is 8.00. The SMILES string of the molecule is Cc1c(N)cccc1SCC(=O)NC(C)(C)C. The molecule has 1 aromatic rings. The summed E-state index contributed by atoms with van der Waals surface area (Å²) in [7, 11) is 0. The monoisotopic (exact) mass is 252 g/mol. The minimum absolute atomic E-state index is 0.0457. The largest absolute Gasteiger partial charge is 0.398 e. The third kappa shape index (κ3) is 4.69. The Labute approximate surface area is 107 Å². The topological polar surface area (TPSA) is 55.1 Å². The van der Waals surface area contributed by atoms with Gasteiger partial charge in [-0.25, -0.2) is 0 Å². The van der Waals surface area contributed by atoms with Crippen LogP contribution in [0.5, 0.6) is 0 Å². The average molecular weight is 252 g/mol. The van der Waals surface area contributed by atoms with Gasteiger partial charge in [0.15, 0.2) is 0 Å². The van der Waals surface area contributed by atoms with E-state index in [0.717, 1.165) is 16.1 Å². The molecule has 0 bridgehead atoms. The van der Waals surface area contributed by atoms with Gasteiger partial charge in [0.1, 0.15) is 0 Å². The van der Waals surface area contributed by atoms with Crippen LogP contribution in [0.4, 0.5) is 5.69 Å². The third-order valence-electron chi connectivity index (χ3n) is 2.20. The molecular formula is C13H20N2OS. The van der Waals surface area contributed by atoms with E-state index in [1.165, 1.54) is 11.8 Å². The molecule has 1 rings (SSSR count). The van der Waals surface area contributed by atoms with Crippen molar-refractivity contribution in [3.8, 4) is 0 Å². The van der Waals surface area contributed by atoms with Gasteiger partial charge < -0.3 is 11.1 Å². The van der Waals surface area contributed by atoms with E-state index < -0.39 is 0 Å². The van der Waals surface area contributed by atoms with Crippen molar-refractivity contribution in [3.05, 3.63) is 23.8 Å². The number of amides is 1. The summed E-state index contributed by atoms with van der Waals surface area (Å²) in [5.41, 5.74) is 7.45. The molecule has 0 aliphatic carbocycles. The number of hydrogen-bond donors (Lipinski definition) is 2. The molecule has 0 heterocycles. The first-order valence-electron chi connectivity index (χ1n) is 5.58. The first-order valence-corrected chi connectivity index (χ1v) is 6.57. The Balaban J connectivity index is 2.56. The molecule has 0 saturated carbocycles. The Bertz CT molecular complexity index is 410. The molecule has 0 saturated heterocycles. The van der Waals surface area contributed by atoms with E-state index in [0.29, 0.717) is 5.75 Å². The molecular weight excluding hydrogens is 232 g/mol. The summed E-state index contributed by atoms with van der Waals surface area (Å²) in [4.78, 5) is 12.7. The van der Waals surface area contributed by atoms with E-state index in [4.69, 9.17) is 5.73 Å². The van der Waals surface area contributed by atoms with E-state index in [2.05, 4.69) is 5.32 Å². The molecule has 1 amide bonds. The number of rotatable bonds is 3. The molecule has 0 aliphatic heterocycles. The van der Waals surface area contributed by atoms with Crippen molar-refractivity contribution in [2.75, 3.05) is 11.5 Å². The molecule has 94 valence electrons. The standard InChI is InChI=1S/C13H20N2OS/c1-9-10(14)6-5-7-11(9)17-8-12(16)15-13(2,3)4/h5-7H,8,14H2,1-4H3,(H,15,16). The fraction of sp³-hybridized carbons (Fsp3) is 0.462. The molecule has 3 N–H and O–H groups in total. The van der Waals surface area contributed by atoms with Crippen molar-refractivity contribution in [2.24, 2.45) is 0 Å². The predicted molar refractivity (Wildman–Crippen MR) is 74.2 cm³/mol. The summed E-state index contributed by atoms with van der Waals surface area (Å²) >= 11 is 1.52. The predicted octanol–water partition coefficient (Wildman–Crippen LogP) is 2.58. The van der Waals surface area contributed by atoms with Crippen LogP contribution >= 0.6 is 11.8 Å². The average Bonchev–Trinajstić information content (AvgIpc) is 2.18. The maximum absolute atomic E-state index is 11.7. The van der Waals surface area contributed by atoms with Gasteiger partial charge in [-0.1, -0.05) is 6.07 Å². The lowest BCUT2D eigenvalue weighted by Gasteiger charge is -2.20. The highest BCUT2D eigenvalue weighted by atomic mass is 32.2. The lowest BCUT2D eigenvalue weighted by Crippen LogP contribution is -2.41. The quantitative estimate of drug-likeness (QED) is 0.642. The van der Waals surface area contributed by atoms with Gasteiger partial charge in [0.2, 0.25) is 5.91 Å². The van der Waals surface area contributed by atoms with Crippen LogP contribution in [0.15, 0.2) is 23.1 Å². The Morgan fingerprint density at radius 3 is 2.65 bits per heavy atom. The zero-order valence-corrected chi connectivity index (χ0v) is 11.6. The molecule has 0 fully saturated rings. The van der Waals surface area contributed by atoms with Gasteiger partial charge in [-0.2, -0.15) is 0 Å². The van der Waals surface area contributed by atoms with Crippen molar-refractivity contribution < 1.29 is 4.79 Å². The molecule has 0 spiro atoms.